The van der Waals surface area contributed by atoms with Gasteiger partial charge in [-0.05, 0) is 32.4 Å². The summed E-state index contributed by atoms with van der Waals surface area (Å²) in [7, 11) is 0. The Morgan fingerprint density at radius 2 is 1.81 bits per heavy atom. The second-order valence-electron chi connectivity index (χ2n) is 4.12. The van der Waals surface area contributed by atoms with Crippen molar-refractivity contribution < 1.29 is 19.1 Å². The highest BCUT2D eigenvalue weighted by Crippen LogP contribution is 2.12. The van der Waals surface area contributed by atoms with Gasteiger partial charge in [-0.2, -0.15) is 0 Å². The van der Waals surface area contributed by atoms with Gasteiger partial charge in [0.1, 0.15) is 0 Å². The highest BCUT2D eigenvalue weighted by atomic mass is 16.6. The lowest BCUT2D eigenvalue weighted by molar-refractivity contribution is -0.157. The lowest BCUT2D eigenvalue weighted by Gasteiger charge is -2.09. The number of esters is 2. The molecular formula is C15H20N2O4. The van der Waals surface area contributed by atoms with Crippen LogP contribution >= 0.6 is 0 Å². The first-order chi connectivity index (χ1) is 10.1. The number of aromatic nitrogens is 1. The Morgan fingerprint density at radius 1 is 1.19 bits per heavy atom. The molecule has 0 saturated heterocycles. The van der Waals surface area contributed by atoms with Crippen LogP contribution in [-0.2, 0) is 25.5 Å². The molecule has 0 radical (unpaired) electrons. The van der Waals surface area contributed by atoms with E-state index >= 15 is 0 Å². The second-order valence-corrected chi connectivity index (χ2v) is 4.12. The standard InChI is InChI=1S/C15H20N2O4/c1-4-11-7-8-12(9-16-11)17-10-13(14(18)20-5-2)15(19)21-6-3/h7-10,13H,4-6H2,1-3H3. The predicted octanol–water partition coefficient (Wildman–Crippen LogP) is 2.09. The summed E-state index contributed by atoms with van der Waals surface area (Å²) in [6.45, 7) is 5.72. The zero-order chi connectivity index (χ0) is 15.7. The first-order valence-corrected chi connectivity index (χ1v) is 6.94. The average molecular weight is 292 g/mol. The number of carbonyl (C=O) groups is 2. The first-order valence-electron chi connectivity index (χ1n) is 6.94. The molecule has 0 spiro atoms. The SMILES string of the molecule is CCOC(=O)C(C=Nc1ccc(CC)nc1)C(=O)OCC. The fourth-order valence-electron chi connectivity index (χ4n) is 1.54. The van der Waals surface area contributed by atoms with Crippen LogP contribution in [0.3, 0.4) is 0 Å². The summed E-state index contributed by atoms with van der Waals surface area (Å²) >= 11 is 0. The van der Waals surface area contributed by atoms with E-state index in [1.807, 2.05) is 13.0 Å². The maximum Gasteiger partial charge on any atom is 0.325 e. The lowest BCUT2D eigenvalue weighted by Crippen LogP contribution is -2.29. The number of hydrogen-bond acceptors (Lipinski definition) is 6. The average Bonchev–Trinajstić information content (AvgIpc) is 2.48. The van der Waals surface area contributed by atoms with Gasteiger partial charge >= 0.3 is 11.9 Å². The van der Waals surface area contributed by atoms with E-state index in [1.165, 1.54) is 6.21 Å². The van der Waals surface area contributed by atoms with Gasteiger partial charge in [-0.1, -0.05) is 6.92 Å². The van der Waals surface area contributed by atoms with Crippen LogP contribution in [0.25, 0.3) is 0 Å². The molecular weight excluding hydrogens is 272 g/mol. The molecule has 1 aromatic rings. The van der Waals surface area contributed by atoms with Crippen LogP contribution in [0.1, 0.15) is 26.5 Å². The van der Waals surface area contributed by atoms with Crippen LogP contribution in [0, 0.1) is 5.92 Å². The van der Waals surface area contributed by atoms with Gasteiger partial charge in [0.15, 0.2) is 5.92 Å². The number of aliphatic imine (C=N–C) groups is 1. The normalized spacial score (nSPS) is 10.9. The molecule has 1 aromatic heterocycles. The molecule has 1 heterocycles. The van der Waals surface area contributed by atoms with Gasteiger partial charge in [-0.15, -0.1) is 0 Å². The molecule has 0 bridgehead atoms. The highest BCUT2D eigenvalue weighted by molar-refractivity contribution is 6.09. The van der Waals surface area contributed by atoms with Gasteiger partial charge in [0.05, 0.1) is 25.1 Å². The molecule has 0 aliphatic carbocycles. The smallest absolute Gasteiger partial charge is 0.325 e. The van der Waals surface area contributed by atoms with Gasteiger partial charge in [-0.25, -0.2) is 0 Å². The van der Waals surface area contributed by atoms with Gasteiger partial charge in [0, 0.05) is 11.9 Å². The Bertz CT molecular complexity index is 479. The minimum absolute atomic E-state index is 0.190. The van der Waals surface area contributed by atoms with Crippen molar-refractivity contribution in [2.45, 2.75) is 27.2 Å². The van der Waals surface area contributed by atoms with Gasteiger partial charge in [-0.3, -0.25) is 19.6 Å². The molecule has 0 unspecified atom stereocenters. The van der Waals surface area contributed by atoms with Crippen LogP contribution in [0.5, 0.6) is 0 Å². The molecule has 0 amide bonds. The number of carbonyl (C=O) groups excluding carboxylic acids is 2. The van der Waals surface area contributed by atoms with E-state index in [-0.39, 0.29) is 13.2 Å². The number of pyridine rings is 1. The van der Waals surface area contributed by atoms with Crippen LogP contribution < -0.4 is 0 Å². The summed E-state index contributed by atoms with van der Waals surface area (Å²) in [4.78, 5) is 31.8. The van der Waals surface area contributed by atoms with E-state index < -0.39 is 17.9 Å². The molecule has 0 fully saturated rings. The fourth-order valence-corrected chi connectivity index (χ4v) is 1.54. The molecule has 6 heteroatoms. The monoisotopic (exact) mass is 292 g/mol. The maximum atomic E-state index is 11.8. The molecule has 114 valence electrons. The topological polar surface area (TPSA) is 77.9 Å². The summed E-state index contributed by atoms with van der Waals surface area (Å²) in [5.41, 5.74) is 1.51. The van der Waals surface area contributed by atoms with Crippen molar-refractivity contribution in [3.63, 3.8) is 0 Å². The Morgan fingerprint density at radius 3 is 2.24 bits per heavy atom. The van der Waals surface area contributed by atoms with Gasteiger partial charge < -0.3 is 9.47 Å². The Hall–Kier alpha value is -2.24. The molecule has 0 aliphatic rings. The van der Waals surface area contributed by atoms with Crippen molar-refractivity contribution >= 4 is 23.8 Å². The van der Waals surface area contributed by atoms with E-state index in [9.17, 15) is 9.59 Å². The molecule has 0 aromatic carbocycles. The summed E-state index contributed by atoms with van der Waals surface area (Å²) in [6, 6.07) is 3.62. The first kappa shape index (κ1) is 16.8. The second kappa shape index (κ2) is 8.84. The third-order valence-corrected chi connectivity index (χ3v) is 2.63. The molecule has 1 rings (SSSR count). The van der Waals surface area contributed by atoms with E-state index in [0.29, 0.717) is 5.69 Å². The number of aryl methyl sites for hydroxylation is 1. The van der Waals surface area contributed by atoms with Crippen LogP contribution in [0.4, 0.5) is 5.69 Å². The van der Waals surface area contributed by atoms with Crippen molar-refractivity contribution in [2.24, 2.45) is 10.9 Å². The number of hydrogen-bond donors (Lipinski definition) is 0. The largest absolute Gasteiger partial charge is 0.465 e. The summed E-state index contributed by atoms with van der Waals surface area (Å²) in [5.74, 6) is -2.49. The third-order valence-electron chi connectivity index (χ3n) is 2.63. The highest BCUT2D eigenvalue weighted by Gasteiger charge is 2.27. The third kappa shape index (κ3) is 5.33. The van der Waals surface area contributed by atoms with Crippen molar-refractivity contribution in [1.29, 1.82) is 0 Å². The Labute approximate surface area is 124 Å². The number of rotatable bonds is 7. The lowest BCUT2D eigenvalue weighted by atomic mass is 10.2. The van der Waals surface area contributed by atoms with E-state index in [4.69, 9.17) is 9.47 Å². The van der Waals surface area contributed by atoms with Crippen LogP contribution in [0.2, 0.25) is 0 Å². The minimum atomic E-state index is -1.16. The summed E-state index contributed by atoms with van der Waals surface area (Å²) < 4.78 is 9.70. The molecule has 6 nitrogen and oxygen atoms in total. The molecule has 0 saturated carbocycles. The minimum Gasteiger partial charge on any atom is -0.465 e. The van der Waals surface area contributed by atoms with Crippen molar-refractivity contribution in [1.82, 2.24) is 4.98 Å². The number of nitrogens with zero attached hydrogens (tertiary/aromatic N) is 2. The van der Waals surface area contributed by atoms with Crippen molar-refractivity contribution in [2.75, 3.05) is 13.2 Å². The van der Waals surface area contributed by atoms with Gasteiger partial charge in [0.2, 0.25) is 0 Å². The molecule has 0 aliphatic heterocycles. The quantitative estimate of drug-likeness (QED) is 0.437. The Kier molecular flexibility index (Phi) is 7.08. The Balaban J connectivity index is 2.85. The van der Waals surface area contributed by atoms with Gasteiger partial charge in [0.25, 0.3) is 0 Å². The molecule has 21 heavy (non-hydrogen) atoms. The van der Waals surface area contributed by atoms with Crippen molar-refractivity contribution in [3.8, 4) is 0 Å². The van der Waals surface area contributed by atoms with Crippen LogP contribution in [-0.4, -0.2) is 36.4 Å². The van der Waals surface area contributed by atoms with Crippen LogP contribution in [0.15, 0.2) is 23.3 Å². The van der Waals surface area contributed by atoms with E-state index in [1.54, 1.807) is 26.1 Å². The zero-order valence-electron chi connectivity index (χ0n) is 12.5. The molecule has 0 N–H and O–H groups in total. The van der Waals surface area contributed by atoms with Crippen molar-refractivity contribution in [3.05, 3.63) is 24.0 Å². The fraction of sp³-hybridized carbons (Fsp3) is 0.467. The van der Waals surface area contributed by atoms with E-state index in [2.05, 4.69) is 9.98 Å². The molecule has 0 atom stereocenters. The summed E-state index contributed by atoms with van der Waals surface area (Å²) in [6.07, 6.45) is 3.65. The number of ether oxygens (including phenoxy) is 2. The van der Waals surface area contributed by atoms with E-state index in [0.717, 1.165) is 12.1 Å². The maximum absolute atomic E-state index is 11.8. The summed E-state index contributed by atoms with van der Waals surface area (Å²) in [5, 5.41) is 0. The zero-order valence-corrected chi connectivity index (χ0v) is 12.5. The predicted molar refractivity (Wildman–Crippen MR) is 78.5 cm³/mol.